The molecule has 0 amide bonds. The molecule has 4 aromatic carbocycles. The summed E-state index contributed by atoms with van der Waals surface area (Å²) >= 11 is 0. The molecule has 0 fully saturated rings. The van der Waals surface area contributed by atoms with Gasteiger partial charge in [-0.1, -0.05) is 109 Å². The van der Waals surface area contributed by atoms with Crippen molar-refractivity contribution in [1.82, 2.24) is 0 Å². The van der Waals surface area contributed by atoms with Crippen molar-refractivity contribution >= 4 is 52.5 Å². The third-order valence-electron chi connectivity index (χ3n) is 5.43. The number of benzene rings is 4. The molecule has 0 bridgehead atoms. The molecule has 0 N–H and O–H groups in total. The van der Waals surface area contributed by atoms with Crippen molar-refractivity contribution in [3.05, 3.63) is 139 Å². The molecule has 5 rings (SSSR count). The molecule has 1 nitrogen and oxygen atoms in total. The molecule has 0 saturated carbocycles. The summed E-state index contributed by atoms with van der Waals surface area (Å²) in [7, 11) is 17.2. The van der Waals surface area contributed by atoms with Crippen molar-refractivity contribution < 1.29 is 13.6 Å². The number of hydrogen-bond acceptors (Lipinski definition) is 0. The van der Waals surface area contributed by atoms with E-state index < -0.39 is 9.20 Å². The van der Waals surface area contributed by atoms with Crippen LogP contribution in [-0.2, 0) is 9.20 Å². The molecule has 1 heterocycles. The van der Waals surface area contributed by atoms with Gasteiger partial charge in [-0.2, -0.15) is 0 Å². The van der Waals surface area contributed by atoms with E-state index in [1.54, 1.807) is 0 Å². The quantitative estimate of drug-likeness (QED) is 0.143. The van der Waals surface area contributed by atoms with Crippen molar-refractivity contribution in [1.29, 1.82) is 0 Å². The van der Waals surface area contributed by atoms with E-state index >= 15 is 0 Å². The van der Waals surface area contributed by atoms with E-state index in [0.717, 1.165) is 44.9 Å². The molecule has 6 heteroatoms. The molecular formula is C31H23Cl4FeO. The van der Waals surface area contributed by atoms with Gasteiger partial charge >= 0.3 is 61.1 Å². The number of hydrogen-bond donors (Lipinski definition) is 0. The summed E-state index contributed by atoms with van der Waals surface area (Å²) in [6.07, 6.45) is 4.34. The first kappa shape index (κ1) is 27.5. The molecule has 1 aromatic heterocycles. The summed E-state index contributed by atoms with van der Waals surface area (Å²) in [6.45, 7) is 0. The Morgan fingerprint density at radius 2 is 0.946 bits per heavy atom. The van der Waals surface area contributed by atoms with Crippen molar-refractivity contribution in [2.75, 3.05) is 0 Å². The van der Waals surface area contributed by atoms with Crippen molar-refractivity contribution in [3.63, 3.8) is 0 Å². The standard InChI is InChI=1S/C31H23O.4ClH.Fe/c1-5-13-24(14-6-1)21-22-28-23-29(25-15-7-2-8-16-25)32-31(27-19-11-4-12-20-27)30(28)26-17-9-3-10-18-26;;;;;/h1-23H;4*1H;/q+1;;;;;+3/p-4/b22-21+;;;;;. The Hall–Kier alpha value is -2.55. The molecule has 0 unspecified atom stereocenters. The monoisotopic (exact) mass is 607 g/mol. The molecule has 0 spiro atoms. The summed E-state index contributed by atoms with van der Waals surface area (Å²) in [5.41, 5.74) is 6.60. The van der Waals surface area contributed by atoms with Crippen molar-refractivity contribution in [2.45, 2.75) is 0 Å². The zero-order valence-corrected chi connectivity index (χ0v) is 23.7. The average Bonchev–Trinajstić information content (AvgIpc) is 2.92. The first-order valence-electron chi connectivity index (χ1n) is 11.3. The Balaban J connectivity index is 0.000000586. The van der Waals surface area contributed by atoms with Gasteiger partial charge < -0.3 is 0 Å². The summed E-state index contributed by atoms with van der Waals surface area (Å²) < 4.78 is 6.59. The minimum absolute atomic E-state index is 0.844. The Bertz CT molecular complexity index is 1430. The Morgan fingerprint density at radius 1 is 0.514 bits per heavy atom. The van der Waals surface area contributed by atoms with Crippen LogP contribution in [0, 0.1) is 0 Å². The maximum atomic E-state index is 6.59. The van der Waals surface area contributed by atoms with Crippen LogP contribution in [0.2, 0.25) is 0 Å². The minimum atomic E-state index is -2.61. The zero-order chi connectivity index (χ0) is 26.1. The van der Waals surface area contributed by atoms with Gasteiger partial charge in [0.05, 0.1) is 22.8 Å². The van der Waals surface area contributed by atoms with E-state index in [4.69, 9.17) is 44.8 Å². The molecule has 0 radical (unpaired) electrons. The molecule has 0 aliphatic carbocycles. The first-order chi connectivity index (χ1) is 17.9. The van der Waals surface area contributed by atoms with Crippen LogP contribution in [0.1, 0.15) is 11.1 Å². The maximum absolute atomic E-state index is 6.59. The van der Waals surface area contributed by atoms with Crippen LogP contribution >= 0.6 is 40.4 Å². The van der Waals surface area contributed by atoms with Crippen molar-refractivity contribution in [3.8, 4) is 33.8 Å². The van der Waals surface area contributed by atoms with Gasteiger partial charge in [0.2, 0.25) is 0 Å². The van der Waals surface area contributed by atoms with Crippen LogP contribution in [-0.4, -0.2) is 0 Å². The Morgan fingerprint density at radius 3 is 1.46 bits per heavy atom. The SMILES string of the molecule is C(=C\c1cc(-c2ccccc2)[o+]c(-c2ccccc2)c1-c1ccccc1)/c1ccccc1.[Cl][Fe-]([Cl])([Cl])[Cl]. The molecule has 0 aliphatic heterocycles. The second-order valence-corrected chi connectivity index (χ2v) is 18.9. The molecular weight excluding hydrogens is 586 g/mol. The third-order valence-corrected chi connectivity index (χ3v) is 5.43. The van der Waals surface area contributed by atoms with Gasteiger partial charge in [0.15, 0.2) is 0 Å². The van der Waals surface area contributed by atoms with E-state index in [0.29, 0.717) is 0 Å². The van der Waals surface area contributed by atoms with Gasteiger partial charge in [-0.05, 0) is 35.4 Å². The molecule has 5 aromatic rings. The van der Waals surface area contributed by atoms with Crippen LogP contribution in [0.5, 0.6) is 0 Å². The third kappa shape index (κ3) is 8.48. The van der Waals surface area contributed by atoms with Crippen LogP contribution < -0.4 is 0 Å². The predicted octanol–water partition coefficient (Wildman–Crippen LogP) is 11.5. The predicted molar refractivity (Wildman–Crippen MR) is 158 cm³/mol. The summed E-state index contributed by atoms with van der Waals surface area (Å²) in [6, 6.07) is 43.6. The van der Waals surface area contributed by atoms with Gasteiger partial charge in [-0.15, -0.1) is 0 Å². The second kappa shape index (κ2) is 13.3. The van der Waals surface area contributed by atoms with E-state index in [1.807, 2.05) is 48.5 Å². The summed E-state index contributed by atoms with van der Waals surface area (Å²) in [5.74, 6) is 1.71. The van der Waals surface area contributed by atoms with Gasteiger partial charge in [-0.3, -0.25) is 0 Å². The van der Waals surface area contributed by atoms with E-state index in [9.17, 15) is 0 Å². The van der Waals surface area contributed by atoms with Gasteiger partial charge in [0.25, 0.3) is 0 Å². The fraction of sp³-hybridized carbons (Fsp3) is 0. The molecule has 37 heavy (non-hydrogen) atoms. The van der Waals surface area contributed by atoms with Gasteiger partial charge in [0, 0.05) is 5.56 Å². The van der Waals surface area contributed by atoms with E-state index in [-0.39, 0.29) is 0 Å². The van der Waals surface area contributed by atoms with Crippen molar-refractivity contribution in [2.24, 2.45) is 0 Å². The normalized spacial score (nSPS) is 11.6. The number of rotatable bonds is 5. The van der Waals surface area contributed by atoms with Crippen LogP contribution in [0.4, 0.5) is 0 Å². The topological polar surface area (TPSA) is 11.3 Å². The fourth-order valence-corrected chi connectivity index (χ4v) is 3.86. The molecule has 189 valence electrons. The Labute approximate surface area is 237 Å². The number of halogens is 4. The summed E-state index contributed by atoms with van der Waals surface area (Å²) in [4.78, 5) is 0. The average molecular weight is 609 g/mol. The van der Waals surface area contributed by atoms with Gasteiger partial charge in [-0.25, -0.2) is 4.42 Å². The van der Waals surface area contributed by atoms with E-state index in [2.05, 4.69) is 91.0 Å². The molecule has 0 saturated heterocycles. The molecule has 0 atom stereocenters. The zero-order valence-electron chi connectivity index (χ0n) is 19.6. The van der Waals surface area contributed by atoms with Gasteiger partial charge in [0.1, 0.15) is 0 Å². The van der Waals surface area contributed by atoms with Crippen LogP contribution in [0.3, 0.4) is 0 Å². The summed E-state index contributed by atoms with van der Waals surface area (Å²) in [5, 5.41) is 0. The van der Waals surface area contributed by atoms with Crippen LogP contribution in [0.25, 0.3) is 45.9 Å². The molecule has 0 aliphatic rings. The fourth-order valence-electron chi connectivity index (χ4n) is 3.86. The van der Waals surface area contributed by atoms with E-state index in [1.165, 1.54) is 0 Å². The van der Waals surface area contributed by atoms with Crippen LogP contribution in [0.15, 0.2) is 132 Å². The second-order valence-electron chi connectivity index (χ2n) is 7.92. The Kier molecular flexibility index (Phi) is 9.88. The first-order valence-corrected chi connectivity index (χ1v) is 17.4.